The fourth-order valence-electron chi connectivity index (χ4n) is 1.03. The zero-order valence-corrected chi connectivity index (χ0v) is 8.01. The first-order valence-electron chi connectivity index (χ1n) is 4.21. The van der Waals surface area contributed by atoms with Gasteiger partial charge in [-0.15, -0.1) is 0 Å². The minimum Gasteiger partial charge on any atom is -0.348 e. The predicted octanol–water partition coefficient (Wildman–Crippen LogP) is 0.641. The maximum atomic E-state index is 11.8. The summed E-state index contributed by atoms with van der Waals surface area (Å²) in [6, 6.07) is 0. The monoisotopic (exact) mass is 221 g/mol. The number of rotatable bonds is 3. The van der Waals surface area contributed by atoms with E-state index in [2.05, 4.69) is 4.98 Å². The van der Waals surface area contributed by atoms with Gasteiger partial charge in [-0.1, -0.05) is 0 Å². The summed E-state index contributed by atoms with van der Waals surface area (Å²) in [5.41, 5.74) is 0.762. The standard InChI is InChI=1S/C8H10F3N3O/c1-14-5-12-4-6(14)2-3-13-7(15)8(9,10)11/h4-5H,2-3H2,1H3,(H,13,15). The first-order valence-corrected chi connectivity index (χ1v) is 4.21. The molecule has 0 radical (unpaired) electrons. The van der Waals surface area contributed by atoms with Crippen LogP contribution < -0.4 is 5.32 Å². The fraction of sp³-hybridized carbons (Fsp3) is 0.500. The van der Waals surface area contributed by atoms with E-state index in [0.717, 1.165) is 5.69 Å². The molecule has 0 aliphatic carbocycles. The van der Waals surface area contributed by atoms with Crippen LogP contribution in [0.3, 0.4) is 0 Å². The number of halogens is 3. The van der Waals surface area contributed by atoms with Gasteiger partial charge in [0.15, 0.2) is 0 Å². The van der Waals surface area contributed by atoms with Crippen LogP contribution in [-0.2, 0) is 18.3 Å². The van der Waals surface area contributed by atoms with Crippen LogP contribution >= 0.6 is 0 Å². The molecular weight excluding hydrogens is 211 g/mol. The summed E-state index contributed by atoms with van der Waals surface area (Å²) in [5, 5.41) is 1.78. The predicted molar refractivity (Wildman–Crippen MR) is 46.0 cm³/mol. The van der Waals surface area contributed by atoms with Crippen LogP contribution in [0.15, 0.2) is 12.5 Å². The summed E-state index contributed by atoms with van der Waals surface area (Å²) in [6.07, 6.45) is -1.41. The quantitative estimate of drug-likeness (QED) is 0.814. The zero-order chi connectivity index (χ0) is 11.5. The number of alkyl halides is 3. The van der Waals surface area contributed by atoms with Gasteiger partial charge in [0.25, 0.3) is 0 Å². The van der Waals surface area contributed by atoms with Gasteiger partial charge in [-0.25, -0.2) is 4.98 Å². The van der Waals surface area contributed by atoms with Gasteiger partial charge in [0.05, 0.1) is 6.33 Å². The summed E-state index contributed by atoms with van der Waals surface area (Å²) in [5.74, 6) is -1.91. The van der Waals surface area contributed by atoms with E-state index in [4.69, 9.17) is 0 Å². The lowest BCUT2D eigenvalue weighted by Crippen LogP contribution is -2.37. The molecular formula is C8H10F3N3O. The van der Waals surface area contributed by atoms with Gasteiger partial charge < -0.3 is 9.88 Å². The summed E-state index contributed by atoms with van der Waals surface area (Å²) in [4.78, 5) is 14.2. The van der Waals surface area contributed by atoms with Crippen molar-refractivity contribution in [2.24, 2.45) is 7.05 Å². The van der Waals surface area contributed by atoms with Crippen molar-refractivity contribution in [2.75, 3.05) is 6.54 Å². The largest absolute Gasteiger partial charge is 0.471 e. The normalized spacial score (nSPS) is 11.5. The van der Waals surface area contributed by atoms with Crippen molar-refractivity contribution in [3.8, 4) is 0 Å². The van der Waals surface area contributed by atoms with Crippen molar-refractivity contribution in [1.29, 1.82) is 0 Å². The molecule has 1 aromatic rings. The SMILES string of the molecule is Cn1cncc1CCNC(=O)C(F)(F)F. The number of amides is 1. The average molecular weight is 221 g/mol. The van der Waals surface area contributed by atoms with Gasteiger partial charge in [-0.3, -0.25) is 4.79 Å². The molecule has 0 spiro atoms. The Morgan fingerprint density at radius 3 is 2.73 bits per heavy atom. The molecule has 1 heterocycles. The molecule has 4 nitrogen and oxygen atoms in total. The number of aromatic nitrogens is 2. The van der Waals surface area contributed by atoms with Gasteiger partial charge >= 0.3 is 12.1 Å². The number of nitrogens with zero attached hydrogens (tertiary/aromatic N) is 2. The summed E-state index contributed by atoms with van der Waals surface area (Å²) < 4.78 is 37.0. The van der Waals surface area contributed by atoms with Crippen LogP contribution in [0, 0.1) is 0 Å². The summed E-state index contributed by atoms with van der Waals surface area (Å²) >= 11 is 0. The lowest BCUT2D eigenvalue weighted by Gasteiger charge is -2.07. The number of nitrogens with one attached hydrogen (secondary N) is 1. The third-order valence-electron chi connectivity index (χ3n) is 1.84. The Labute approximate surface area is 84.1 Å². The summed E-state index contributed by atoms with van der Waals surface area (Å²) in [6.45, 7) is -0.0577. The van der Waals surface area contributed by atoms with Crippen LogP contribution in [0.2, 0.25) is 0 Å². The molecule has 1 amide bonds. The van der Waals surface area contributed by atoms with E-state index < -0.39 is 12.1 Å². The zero-order valence-electron chi connectivity index (χ0n) is 8.01. The molecule has 0 unspecified atom stereocenters. The Morgan fingerprint density at radius 2 is 2.27 bits per heavy atom. The van der Waals surface area contributed by atoms with Crippen molar-refractivity contribution in [1.82, 2.24) is 14.9 Å². The lowest BCUT2D eigenvalue weighted by molar-refractivity contribution is -0.173. The number of imidazole rings is 1. The second kappa shape index (κ2) is 4.33. The molecule has 0 aliphatic heterocycles. The van der Waals surface area contributed by atoms with E-state index in [0.29, 0.717) is 6.42 Å². The topological polar surface area (TPSA) is 46.9 Å². The van der Waals surface area contributed by atoms with E-state index >= 15 is 0 Å². The first-order chi connectivity index (χ1) is 6.91. The van der Waals surface area contributed by atoms with E-state index in [9.17, 15) is 18.0 Å². The van der Waals surface area contributed by atoms with E-state index in [1.807, 2.05) is 0 Å². The van der Waals surface area contributed by atoms with Crippen molar-refractivity contribution in [2.45, 2.75) is 12.6 Å². The molecule has 0 aromatic carbocycles. The highest BCUT2D eigenvalue weighted by Crippen LogP contribution is 2.13. The molecule has 1 N–H and O–H groups in total. The van der Waals surface area contributed by atoms with Gasteiger partial charge in [0.2, 0.25) is 0 Å². The van der Waals surface area contributed by atoms with Crippen LogP contribution in [-0.4, -0.2) is 28.2 Å². The second-order valence-corrected chi connectivity index (χ2v) is 3.00. The number of carbonyl (C=O) groups excluding carboxylic acids is 1. The first kappa shape index (κ1) is 11.5. The molecule has 0 fully saturated rings. The highest BCUT2D eigenvalue weighted by molar-refractivity contribution is 5.81. The lowest BCUT2D eigenvalue weighted by atomic mass is 10.3. The van der Waals surface area contributed by atoms with Gasteiger partial charge in [0, 0.05) is 31.9 Å². The molecule has 7 heteroatoms. The molecule has 0 aliphatic rings. The smallest absolute Gasteiger partial charge is 0.348 e. The average Bonchev–Trinajstić information content (AvgIpc) is 2.50. The van der Waals surface area contributed by atoms with Crippen LogP contribution in [0.25, 0.3) is 0 Å². The number of hydrogen-bond acceptors (Lipinski definition) is 2. The Kier molecular flexibility index (Phi) is 3.33. The number of carbonyl (C=O) groups is 1. The Hall–Kier alpha value is -1.53. The third-order valence-corrected chi connectivity index (χ3v) is 1.84. The highest BCUT2D eigenvalue weighted by atomic mass is 19.4. The van der Waals surface area contributed by atoms with E-state index in [1.54, 1.807) is 29.5 Å². The molecule has 84 valence electrons. The van der Waals surface area contributed by atoms with Crippen molar-refractivity contribution < 1.29 is 18.0 Å². The molecule has 1 aromatic heterocycles. The van der Waals surface area contributed by atoms with Crippen molar-refractivity contribution in [3.63, 3.8) is 0 Å². The van der Waals surface area contributed by atoms with Crippen molar-refractivity contribution >= 4 is 5.91 Å². The maximum absolute atomic E-state index is 11.8. The Bertz CT molecular complexity index is 345. The molecule has 0 atom stereocenters. The summed E-state index contributed by atoms with van der Waals surface area (Å²) in [7, 11) is 1.73. The Morgan fingerprint density at radius 1 is 1.60 bits per heavy atom. The molecule has 15 heavy (non-hydrogen) atoms. The van der Waals surface area contributed by atoms with Gasteiger partial charge in [-0.2, -0.15) is 13.2 Å². The van der Waals surface area contributed by atoms with E-state index in [-0.39, 0.29) is 6.54 Å². The van der Waals surface area contributed by atoms with Gasteiger partial charge in [0.1, 0.15) is 0 Å². The third kappa shape index (κ3) is 3.26. The minimum absolute atomic E-state index is 0.0577. The van der Waals surface area contributed by atoms with E-state index in [1.165, 1.54) is 0 Å². The fourth-order valence-corrected chi connectivity index (χ4v) is 1.03. The molecule has 0 saturated heterocycles. The van der Waals surface area contributed by atoms with Crippen molar-refractivity contribution in [3.05, 3.63) is 18.2 Å². The molecule has 1 rings (SSSR count). The number of aryl methyl sites for hydroxylation is 1. The van der Waals surface area contributed by atoms with Gasteiger partial charge in [-0.05, 0) is 0 Å². The molecule has 0 saturated carbocycles. The molecule has 0 bridgehead atoms. The van der Waals surface area contributed by atoms with Crippen LogP contribution in [0.5, 0.6) is 0 Å². The Balaban J connectivity index is 2.35. The van der Waals surface area contributed by atoms with Crippen LogP contribution in [0.1, 0.15) is 5.69 Å². The van der Waals surface area contributed by atoms with Crippen LogP contribution in [0.4, 0.5) is 13.2 Å². The minimum atomic E-state index is -4.81. The second-order valence-electron chi connectivity index (χ2n) is 3.00. The highest BCUT2D eigenvalue weighted by Gasteiger charge is 2.38. The maximum Gasteiger partial charge on any atom is 0.471 e. The number of hydrogen-bond donors (Lipinski definition) is 1.